The van der Waals surface area contributed by atoms with Gasteiger partial charge in [0.2, 0.25) is 5.90 Å². The summed E-state index contributed by atoms with van der Waals surface area (Å²) in [6.45, 7) is 4.43. The zero-order valence-corrected chi connectivity index (χ0v) is 22.4. The number of benzene rings is 2. The van der Waals surface area contributed by atoms with E-state index in [4.69, 9.17) is 26.3 Å². The molecule has 4 aromatic rings. The molecule has 2 N–H and O–H groups in total. The molecule has 0 bridgehead atoms. The van der Waals surface area contributed by atoms with Gasteiger partial charge in [-0.1, -0.05) is 29.8 Å². The molecule has 2 aromatic carbocycles. The van der Waals surface area contributed by atoms with Gasteiger partial charge in [-0.15, -0.1) is 0 Å². The van der Waals surface area contributed by atoms with E-state index < -0.39 is 12.0 Å². The van der Waals surface area contributed by atoms with Crippen LogP contribution in [0.3, 0.4) is 0 Å². The maximum Gasteiger partial charge on any atom is 0.356 e. The summed E-state index contributed by atoms with van der Waals surface area (Å²) in [7, 11) is 1.71. The first-order valence-corrected chi connectivity index (χ1v) is 13.0. The number of nitrogens with zero attached hydrogens (tertiary/aromatic N) is 4. The van der Waals surface area contributed by atoms with Crippen LogP contribution < -0.4 is 10.9 Å². The Balaban J connectivity index is 1.41. The number of carboxylic acids is 1. The first kappa shape index (κ1) is 25.1. The van der Waals surface area contributed by atoms with Crippen LogP contribution >= 0.6 is 11.6 Å². The molecule has 1 fully saturated rings. The standard InChI is InChI=1S/C29H26ClN5O4/c1-15-12-19(16(2)31-21-8-9-22(30)32-24(21)28(37)38)23-20(13-15)27(36)35(3)25(33-23)17-4-6-18(7-5-17)26-34-29(10-11-29)14-39-26/h4-9,12-13,16,31H,10-11,14H2,1-3H3,(H,37,38)/t16-/m1/s1. The molecule has 0 saturated heterocycles. The molecule has 1 spiro atoms. The molecule has 9 nitrogen and oxygen atoms in total. The van der Waals surface area contributed by atoms with Crippen molar-refractivity contribution in [3.63, 3.8) is 0 Å². The summed E-state index contributed by atoms with van der Waals surface area (Å²) in [6, 6.07) is 14.2. The number of aromatic carboxylic acids is 1. The largest absolute Gasteiger partial charge is 0.476 e. The van der Waals surface area contributed by atoms with E-state index in [0.717, 1.165) is 35.1 Å². The average Bonchev–Trinajstić information content (AvgIpc) is 3.55. The van der Waals surface area contributed by atoms with Gasteiger partial charge < -0.3 is 15.2 Å². The highest BCUT2D eigenvalue weighted by Crippen LogP contribution is 2.43. The number of halogens is 1. The fourth-order valence-electron chi connectivity index (χ4n) is 4.96. The van der Waals surface area contributed by atoms with Crippen molar-refractivity contribution in [1.82, 2.24) is 14.5 Å². The van der Waals surface area contributed by atoms with Gasteiger partial charge in [0.05, 0.1) is 28.2 Å². The molecule has 6 rings (SSSR count). The van der Waals surface area contributed by atoms with Crippen LogP contribution in [0.1, 0.15) is 53.0 Å². The van der Waals surface area contributed by atoms with Gasteiger partial charge >= 0.3 is 5.97 Å². The summed E-state index contributed by atoms with van der Waals surface area (Å²) >= 11 is 5.92. The molecule has 1 saturated carbocycles. The number of ether oxygens (including phenoxy) is 1. The van der Waals surface area contributed by atoms with E-state index in [1.165, 1.54) is 6.07 Å². The number of nitrogens with one attached hydrogen (secondary N) is 1. The highest BCUT2D eigenvalue weighted by atomic mass is 35.5. The number of pyridine rings is 1. The summed E-state index contributed by atoms with van der Waals surface area (Å²) in [5.41, 5.74) is 3.82. The molecule has 2 aromatic heterocycles. The van der Waals surface area contributed by atoms with Crippen LogP contribution in [0, 0.1) is 6.92 Å². The molecule has 0 radical (unpaired) electrons. The Kier molecular flexibility index (Phi) is 5.91. The van der Waals surface area contributed by atoms with Gasteiger partial charge in [-0.05, 0) is 62.6 Å². The fourth-order valence-corrected chi connectivity index (χ4v) is 5.11. The first-order chi connectivity index (χ1) is 18.6. The monoisotopic (exact) mass is 543 g/mol. The number of fused-ring (bicyclic) bond motifs is 1. The van der Waals surface area contributed by atoms with E-state index in [9.17, 15) is 14.7 Å². The second-order valence-electron chi connectivity index (χ2n) is 10.3. The second-order valence-corrected chi connectivity index (χ2v) is 10.6. The van der Waals surface area contributed by atoms with E-state index in [-0.39, 0.29) is 21.9 Å². The molecule has 39 heavy (non-hydrogen) atoms. The minimum atomic E-state index is -1.19. The van der Waals surface area contributed by atoms with E-state index in [2.05, 4.69) is 10.3 Å². The van der Waals surface area contributed by atoms with Crippen LogP contribution in [0.25, 0.3) is 22.3 Å². The zero-order valence-electron chi connectivity index (χ0n) is 21.7. The van der Waals surface area contributed by atoms with Gasteiger partial charge in [0.15, 0.2) is 5.69 Å². The van der Waals surface area contributed by atoms with Crippen molar-refractivity contribution >= 4 is 40.1 Å². The smallest absolute Gasteiger partial charge is 0.356 e. The molecule has 0 unspecified atom stereocenters. The van der Waals surface area contributed by atoms with Gasteiger partial charge in [-0.3, -0.25) is 9.36 Å². The predicted octanol–water partition coefficient (Wildman–Crippen LogP) is 5.14. The minimum absolute atomic E-state index is 0.00955. The van der Waals surface area contributed by atoms with Crippen LogP contribution in [0.2, 0.25) is 5.15 Å². The molecule has 198 valence electrons. The summed E-state index contributed by atoms with van der Waals surface area (Å²) in [5, 5.41) is 13.4. The lowest BCUT2D eigenvalue weighted by Gasteiger charge is -2.20. The van der Waals surface area contributed by atoms with E-state index in [1.807, 2.05) is 50.2 Å². The molecular weight excluding hydrogens is 518 g/mol. The van der Waals surface area contributed by atoms with Gasteiger partial charge in [-0.25, -0.2) is 19.8 Å². The molecule has 3 heterocycles. The van der Waals surface area contributed by atoms with Crippen LogP contribution in [-0.4, -0.2) is 43.7 Å². The Hall–Kier alpha value is -4.24. The maximum absolute atomic E-state index is 13.5. The van der Waals surface area contributed by atoms with E-state index in [1.54, 1.807) is 17.7 Å². The number of carbonyl (C=O) groups is 1. The normalized spacial score (nSPS) is 16.2. The maximum atomic E-state index is 13.5. The van der Waals surface area contributed by atoms with E-state index in [0.29, 0.717) is 34.9 Å². The average molecular weight is 544 g/mol. The van der Waals surface area contributed by atoms with Crippen LogP contribution in [-0.2, 0) is 11.8 Å². The number of aryl methyl sites for hydroxylation is 1. The number of hydrogen-bond acceptors (Lipinski definition) is 7. The Morgan fingerprint density at radius 1 is 1.13 bits per heavy atom. The molecule has 1 atom stereocenters. The van der Waals surface area contributed by atoms with Gasteiger partial charge in [0, 0.05) is 23.7 Å². The second kappa shape index (κ2) is 9.20. The van der Waals surface area contributed by atoms with Crippen molar-refractivity contribution < 1.29 is 14.6 Å². The van der Waals surface area contributed by atoms with Crippen LogP contribution in [0.4, 0.5) is 5.69 Å². The topological polar surface area (TPSA) is 119 Å². The van der Waals surface area contributed by atoms with Crippen molar-refractivity contribution in [2.45, 2.75) is 38.3 Å². The number of carboxylic acid groups (broad SMARTS) is 1. The Bertz CT molecular complexity index is 1740. The Labute approximate surface area is 229 Å². The lowest BCUT2D eigenvalue weighted by Crippen LogP contribution is -2.22. The predicted molar refractivity (Wildman–Crippen MR) is 150 cm³/mol. The number of aliphatic imine (C=N–C) groups is 1. The number of hydrogen-bond donors (Lipinski definition) is 2. The van der Waals surface area contributed by atoms with Gasteiger partial charge in [0.1, 0.15) is 17.6 Å². The summed E-state index contributed by atoms with van der Waals surface area (Å²) in [5.74, 6) is -0.0153. The minimum Gasteiger partial charge on any atom is -0.476 e. The zero-order chi connectivity index (χ0) is 27.5. The molecule has 1 aliphatic heterocycles. The highest BCUT2D eigenvalue weighted by Gasteiger charge is 2.47. The highest BCUT2D eigenvalue weighted by molar-refractivity contribution is 6.29. The molecule has 2 aliphatic rings. The summed E-state index contributed by atoms with van der Waals surface area (Å²) in [6.07, 6.45) is 2.14. The van der Waals surface area contributed by atoms with Crippen molar-refractivity contribution in [2.75, 3.05) is 11.9 Å². The Morgan fingerprint density at radius 3 is 2.51 bits per heavy atom. The van der Waals surface area contributed by atoms with Gasteiger partial charge in [0.25, 0.3) is 5.56 Å². The van der Waals surface area contributed by atoms with Crippen molar-refractivity contribution in [2.24, 2.45) is 12.0 Å². The number of aromatic nitrogens is 3. The van der Waals surface area contributed by atoms with Crippen molar-refractivity contribution in [1.29, 1.82) is 0 Å². The first-order valence-electron chi connectivity index (χ1n) is 12.7. The third-order valence-corrected chi connectivity index (χ3v) is 7.50. The van der Waals surface area contributed by atoms with Crippen LogP contribution in [0.15, 0.2) is 58.3 Å². The summed E-state index contributed by atoms with van der Waals surface area (Å²) in [4.78, 5) is 38.9. The number of rotatable bonds is 6. The third-order valence-electron chi connectivity index (χ3n) is 7.29. The van der Waals surface area contributed by atoms with Crippen molar-refractivity contribution in [3.8, 4) is 11.4 Å². The molecule has 1 aliphatic carbocycles. The van der Waals surface area contributed by atoms with E-state index >= 15 is 0 Å². The lowest BCUT2D eigenvalue weighted by atomic mass is 10.0. The SMILES string of the molecule is Cc1cc([C@@H](C)Nc2ccc(Cl)nc2C(=O)O)c2nc(-c3ccc(C4=NC5(CC5)CO4)cc3)n(C)c(=O)c2c1. The van der Waals surface area contributed by atoms with Gasteiger partial charge in [-0.2, -0.15) is 0 Å². The molecular formula is C29H26ClN5O4. The van der Waals surface area contributed by atoms with Crippen molar-refractivity contribution in [3.05, 3.63) is 86.4 Å². The fraction of sp³-hybridized carbons (Fsp3) is 0.276. The number of anilines is 1. The quantitative estimate of drug-likeness (QED) is 0.323. The van der Waals surface area contributed by atoms with Crippen LogP contribution in [0.5, 0.6) is 0 Å². The third kappa shape index (κ3) is 4.52. The lowest BCUT2D eigenvalue weighted by molar-refractivity contribution is 0.0691. The summed E-state index contributed by atoms with van der Waals surface area (Å²) < 4.78 is 7.37. The molecule has 10 heteroatoms. The molecule has 0 amide bonds. The Morgan fingerprint density at radius 2 is 1.85 bits per heavy atom.